The Morgan fingerprint density at radius 3 is 1.74 bits per heavy atom. The standard InChI is InChI=1S/C42H74N14O13S/c1-23(57)33(55-35(62)24-11-6-18-47-24)39(66)53-26(10-3-5-17-44)36(63)52-27(12-7-19-48-42(45)46)37(64)51-25(9-2-4-16-43)34(61)49-21-31(58)50-28(14-15-32(59)60)38(65)54-29(22-70)40(67)56-20-8-13-30(56)41(68)69/h23-30,33,47,57,70H,2-22,43-44H2,1H3,(H,49,61)(H,50,58)(H,51,64)(H,52,63)(H,53,66)(H,54,65)(H,55,62)(H,59,60)(H,68,69)(H4,45,46,48)/t23-,24+,25+,26+,27+,28+,29+,30+,33+/m1/s1. The molecule has 0 aromatic rings. The molecule has 2 fully saturated rings. The molecule has 0 saturated carbocycles. The topological polar surface area (TPSA) is 447 Å². The Bertz CT molecular complexity index is 1820. The average molecular weight is 1020 g/mol. The highest BCUT2D eigenvalue weighted by Gasteiger charge is 2.39. The van der Waals surface area contributed by atoms with Crippen LogP contribution < -0.4 is 65.5 Å². The number of carbonyl (C=O) groups is 10. The molecule has 2 aliphatic heterocycles. The number of amides is 8. The summed E-state index contributed by atoms with van der Waals surface area (Å²) in [5.74, 6) is -9.53. The van der Waals surface area contributed by atoms with E-state index in [0.717, 1.165) is 11.3 Å². The molecule has 2 saturated heterocycles. The largest absolute Gasteiger partial charge is 0.481 e. The Kier molecular flexibility index (Phi) is 27.7. The molecule has 0 aromatic carbocycles. The molecule has 2 rings (SSSR count). The number of likely N-dealkylation sites (tertiary alicyclic amines) is 1. The first-order chi connectivity index (χ1) is 33.2. The van der Waals surface area contributed by atoms with Crippen molar-refractivity contribution in [2.24, 2.45) is 27.9 Å². The fourth-order valence-corrected chi connectivity index (χ4v) is 7.93. The molecule has 28 heteroatoms. The number of aliphatic imine (C=N–C) groups is 1. The van der Waals surface area contributed by atoms with E-state index in [1.54, 1.807) is 0 Å². The van der Waals surface area contributed by atoms with E-state index in [-0.39, 0.29) is 70.0 Å². The van der Waals surface area contributed by atoms with E-state index in [1.165, 1.54) is 6.92 Å². The summed E-state index contributed by atoms with van der Waals surface area (Å²) in [6.45, 7) is 1.81. The number of aliphatic hydroxyl groups is 1. The molecule has 70 heavy (non-hydrogen) atoms. The maximum absolute atomic E-state index is 14.0. The number of hydrogen-bond acceptors (Lipinski definition) is 16. The summed E-state index contributed by atoms with van der Waals surface area (Å²) in [5.41, 5.74) is 22.3. The maximum Gasteiger partial charge on any atom is 0.326 e. The second kappa shape index (κ2) is 32.1. The summed E-state index contributed by atoms with van der Waals surface area (Å²) >= 11 is 4.13. The maximum atomic E-state index is 14.0. The third-order valence-electron chi connectivity index (χ3n) is 11.5. The molecule has 2 heterocycles. The fraction of sp³-hybridized carbons (Fsp3) is 0.738. The quantitative estimate of drug-likeness (QED) is 0.0126. The smallest absolute Gasteiger partial charge is 0.326 e. The molecule has 19 N–H and O–H groups in total. The monoisotopic (exact) mass is 1010 g/mol. The highest BCUT2D eigenvalue weighted by molar-refractivity contribution is 7.80. The van der Waals surface area contributed by atoms with E-state index in [0.29, 0.717) is 45.1 Å². The van der Waals surface area contributed by atoms with Crippen molar-refractivity contribution in [2.45, 2.75) is 151 Å². The number of nitrogens with two attached hydrogens (primary N) is 4. The van der Waals surface area contributed by atoms with Crippen LogP contribution in [0.15, 0.2) is 4.99 Å². The molecule has 8 amide bonds. The number of aliphatic hydroxyl groups excluding tert-OH is 1. The van der Waals surface area contributed by atoms with Crippen LogP contribution in [0.25, 0.3) is 0 Å². The number of guanidine groups is 1. The van der Waals surface area contributed by atoms with Crippen molar-refractivity contribution < 1.29 is 63.3 Å². The second-order valence-corrected chi connectivity index (χ2v) is 17.5. The summed E-state index contributed by atoms with van der Waals surface area (Å²) in [6, 6.07) is -9.91. The molecular formula is C42H74N14O13S. The first kappa shape index (κ1) is 60.3. The van der Waals surface area contributed by atoms with Gasteiger partial charge >= 0.3 is 11.9 Å². The van der Waals surface area contributed by atoms with Crippen LogP contribution in [0.2, 0.25) is 0 Å². The van der Waals surface area contributed by atoms with Gasteiger partial charge in [-0.15, -0.1) is 0 Å². The van der Waals surface area contributed by atoms with Crippen LogP contribution in [-0.2, 0) is 47.9 Å². The van der Waals surface area contributed by atoms with Gasteiger partial charge in [-0.25, -0.2) is 4.79 Å². The molecule has 27 nitrogen and oxygen atoms in total. The molecule has 0 radical (unpaired) electrons. The summed E-state index contributed by atoms with van der Waals surface area (Å²) in [7, 11) is 0. The molecule has 0 unspecified atom stereocenters. The first-order valence-corrected chi connectivity index (χ1v) is 24.2. The molecule has 0 bridgehead atoms. The molecule has 0 spiro atoms. The lowest BCUT2D eigenvalue weighted by molar-refractivity contribution is -0.149. The van der Waals surface area contributed by atoms with E-state index in [4.69, 9.17) is 22.9 Å². The van der Waals surface area contributed by atoms with Crippen molar-refractivity contribution in [1.82, 2.24) is 47.4 Å². The number of unbranched alkanes of at least 4 members (excludes halogenated alkanes) is 2. The lowest BCUT2D eigenvalue weighted by Crippen LogP contribution is -2.60. The van der Waals surface area contributed by atoms with Gasteiger partial charge in [-0.2, -0.15) is 12.6 Å². The zero-order valence-electron chi connectivity index (χ0n) is 39.6. The minimum atomic E-state index is -1.53. The molecule has 0 aromatic heterocycles. The Balaban J connectivity index is 2.27. The second-order valence-electron chi connectivity index (χ2n) is 17.1. The van der Waals surface area contributed by atoms with Gasteiger partial charge in [0.1, 0.15) is 42.3 Å². The Labute approximate surface area is 411 Å². The van der Waals surface area contributed by atoms with Gasteiger partial charge in [0.25, 0.3) is 0 Å². The van der Waals surface area contributed by atoms with Crippen molar-refractivity contribution in [2.75, 3.05) is 45.0 Å². The number of thiol groups is 1. The van der Waals surface area contributed by atoms with Crippen molar-refractivity contribution in [3.05, 3.63) is 0 Å². The van der Waals surface area contributed by atoms with Crippen LogP contribution >= 0.6 is 12.6 Å². The third kappa shape index (κ3) is 21.4. The SMILES string of the molecule is C[C@@H](O)[C@H](NC(=O)[C@@H]1CCCN1)C(=O)N[C@@H](CCCCN)C(=O)N[C@@H](CCCN=C(N)N)C(=O)N[C@@H](CCCCN)C(=O)NCC(=O)N[C@@H](CCC(=O)O)C(=O)N[C@@H](CS)C(=O)N1CCC[C@H]1C(=O)O. The molecule has 2 aliphatic rings. The van der Waals surface area contributed by atoms with Gasteiger partial charge in [-0.05, 0) is 110 Å². The average Bonchev–Trinajstić information content (AvgIpc) is 4.04. The van der Waals surface area contributed by atoms with E-state index in [9.17, 15) is 63.3 Å². The van der Waals surface area contributed by atoms with Gasteiger partial charge in [-0.1, -0.05) is 0 Å². The molecule has 9 atom stereocenters. The number of nitrogens with one attached hydrogen (secondary N) is 8. The van der Waals surface area contributed by atoms with Crippen molar-refractivity contribution >= 4 is 77.8 Å². The number of carboxylic acids is 2. The van der Waals surface area contributed by atoms with E-state index in [2.05, 4.69) is 60.2 Å². The van der Waals surface area contributed by atoms with Gasteiger partial charge in [0.15, 0.2) is 5.96 Å². The minimum Gasteiger partial charge on any atom is -0.481 e. The van der Waals surface area contributed by atoms with Gasteiger partial charge in [0.05, 0.1) is 18.7 Å². The van der Waals surface area contributed by atoms with E-state index in [1.807, 2.05) is 0 Å². The number of rotatable bonds is 33. The van der Waals surface area contributed by atoms with Crippen LogP contribution in [0.1, 0.15) is 96.8 Å². The lowest BCUT2D eigenvalue weighted by atomic mass is 10.0. The predicted octanol–water partition coefficient (Wildman–Crippen LogP) is -5.67. The van der Waals surface area contributed by atoms with Crippen molar-refractivity contribution in [1.29, 1.82) is 0 Å². The summed E-state index contributed by atoms with van der Waals surface area (Å²) in [4.78, 5) is 136. The predicted molar refractivity (Wildman–Crippen MR) is 256 cm³/mol. The Morgan fingerprint density at radius 1 is 0.700 bits per heavy atom. The normalized spacial score (nSPS) is 18.3. The lowest BCUT2D eigenvalue weighted by Gasteiger charge is -2.28. The van der Waals surface area contributed by atoms with Gasteiger partial charge in [0.2, 0.25) is 47.3 Å². The number of aliphatic carboxylic acids is 2. The minimum absolute atomic E-state index is 0.00814. The van der Waals surface area contributed by atoms with Crippen LogP contribution in [0.3, 0.4) is 0 Å². The Morgan fingerprint density at radius 2 is 1.24 bits per heavy atom. The number of nitrogens with zero attached hydrogens (tertiary/aromatic N) is 2. The zero-order chi connectivity index (χ0) is 52.3. The molecule has 396 valence electrons. The van der Waals surface area contributed by atoms with Crippen LogP contribution in [-0.4, -0.2) is 185 Å². The van der Waals surface area contributed by atoms with Crippen LogP contribution in [0.4, 0.5) is 0 Å². The zero-order valence-corrected chi connectivity index (χ0v) is 40.5. The van der Waals surface area contributed by atoms with Crippen LogP contribution in [0, 0.1) is 0 Å². The van der Waals surface area contributed by atoms with E-state index < -0.39 is 133 Å². The summed E-state index contributed by atoms with van der Waals surface area (Å²) < 4.78 is 0. The Hall–Kier alpha value is -5.84. The summed E-state index contributed by atoms with van der Waals surface area (Å²) in [5, 5.41) is 49.9. The highest BCUT2D eigenvalue weighted by Crippen LogP contribution is 2.19. The fourth-order valence-electron chi connectivity index (χ4n) is 7.69. The van der Waals surface area contributed by atoms with Crippen molar-refractivity contribution in [3.63, 3.8) is 0 Å². The highest BCUT2D eigenvalue weighted by atomic mass is 32.1. The van der Waals surface area contributed by atoms with E-state index >= 15 is 0 Å². The van der Waals surface area contributed by atoms with Crippen LogP contribution in [0.5, 0.6) is 0 Å². The summed E-state index contributed by atoms with van der Waals surface area (Å²) in [6.07, 6.45) is 1.23. The van der Waals surface area contributed by atoms with Crippen molar-refractivity contribution in [3.8, 4) is 0 Å². The molecular weight excluding hydrogens is 941 g/mol. The van der Waals surface area contributed by atoms with Gasteiger partial charge < -0.3 is 85.7 Å². The number of carbonyl (C=O) groups excluding carboxylic acids is 8. The third-order valence-corrected chi connectivity index (χ3v) is 11.9. The number of carboxylic acid groups (broad SMARTS) is 2. The van der Waals surface area contributed by atoms with Gasteiger partial charge in [-0.3, -0.25) is 48.1 Å². The number of hydrogen-bond donors (Lipinski definition) is 16. The van der Waals surface area contributed by atoms with Gasteiger partial charge in [0, 0.05) is 25.3 Å². The first-order valence-electron chi connectivity index (χ1n) is 23.6. The molecule has 0 aliphatic carbocycles.